The first-order valence-electron chi connectivity index (χ1n) is 12.2. The lowest BCUT2D eigenvalue weighted by Crippen LogP contribution is -2.32. The normalized spacial score (nSPS) is 19.9. The number of phenols is 1. The zero-order valence-electron chi connectivity index (χ0n) is 20.0. The van der Waals surface area contributed by atoms with E-state index >= 15 is 0 Å². The van der Waals surface area contributed by atoms with Crippen molar-refractivity contribution in [3.63, 3.8) is 0 Å². The Hall–Kier alpha value is -3.13. The van der Waals surface area contributed by atoms with Gasteiger partial charge in [0.2, 0.25) is 5.78 Å². The van der Waals surface area contributed by atoms with Crippen molar-refractivity contribution >= 4 is 22.8 Å². The van der Waals surface area contributed by atoms with E-state index < -0.39 is 0 Å². The van der Waals surface area contributed by atoms with E-state index in [9.17, 15) is 9.90 Å². The fraction of sp³-hybridized carbons (Fsp3) is 0.393. The molecule has 7 nitrogen and oxygen atoms in total. The van der Waals surface area contributed by atoms with Crippen LogP contribution >= 0.6 is 0 Å². The average molecular weight is 478 g/mol. The van der Waals surface area contributed by atoms with Crippen molar-refractivity contribution in [2.45, 2.75) is 26.3 Å². The van der Waals surface area contributed by atoms with Crippen LogP contribution in [0, 0.1) is 5.92 Å². The molecule has 35 heavy (non-hydrogen) atoms. The number of aromatic hydroxyl groups is 1. The molecule has 0 atom stereocenters. The molecule has 1 aromatic heterocycles. The third-order valence-corrected chi connectivity index (χ3v) is 6.64. The molecule has 3 aromatic rings. The van der Waals surface area contributed by atoms with Crippen LogP contribution in [0.2, 0.25) is 0 Å². The number of para-hydroxylation sites is 1. The summed E-state index contributed by atoms with van der Waals surface area (Å²) in [6.07, 6.45) is 3.92. The summed E-state index contributed by atoms with van der Waals surface area (Å²) in [4.78, 5) is 15.2. The molecule has 6 rings (SSSR count). The Morgan fingerprint density at radius 1 is 1.03 bits per heavy atom. The van der Waals surface area contributed by atoms with E-state index in [1.165, 1.54) is 0 Å². The Morgan fingerprint density at radius 3 is 2.43 bits per heavy atom. The zero-order chi connectivity index (χ0) is 24.2. The first-order chi connectivity index (χ1) is 17.1. The summed E-state index contributed by atoms with van der Waals surface area (Å²) in [7, 11) is 0. The number of benzene rings is 2. The molecule has 2 aromatic carbocycles. The summed E-state index contributed by atoms with van der Waals surface area (Å²) in [6, 6.07) is 12.8. The van der Waals surface area contributed by atoms with E-state index in [1.807, 2.05) is 30.3 Å². The predicted octanol–water partition coefficient (Wildman–Crippen LogP) is 5.02. The number of nitrogens with zero attached hydrogens (tertiary/aromatic N) is 1. The minimum atomic E-state index is -0.186. The van der Waals surface area contributed by atoms with E-state index in [1.54, 1.807) is 18.2 Å². The number of piperidine rings is 1. The Balaban J connectivity index is 0.000000371. The van der Waals surface area contributed by atoms with Gasteiger partial charge in [0.05, 0.1) is 37.6 Å². The van der Waals surface area contributed by atoms with Crippen LogP contribution in [0.15, 0.2) is 52.6 Å². The van der Waals surface area contributed by atoms with Crippen molar-refractivity contribution in [3.05, 3.63) is 65.1 Å². The molecule has 4 heterocycles. The van der Waals surface area contributed by atoms with Crippen LogP contribution in [0.1, 0.15) is 41.4 Å². The quantitative estimate of drug-likeness (QED) is 0.531. The summed E-state index contributed by atoms with van der Waals surface area (Å²) < 4.78 is 21.6. The highest BCUT2D eigenvalue weighted by atomic mass is 16.6. The van der Waals surface area contributed by atoms with Gasteiger partial charge < -0.3 is 23.7 Å². The standard InChI is InChI=1S/C24H23NO4.C4H8O2/c1-15-8-10-25(11-9-15)14-19-20(26)7-6-18-23(27)22(29-24(18)19)13-17-12-16-4-2-3-5-21(16)28-17;1-2-6-4-3-5-1/h2-7,12-13,15,26H,8-11,14H2,1H3;1-4H2. The zero-order valence-corrected chi connectivity index (χ0v) is 20.0. The highest BCUT2D eigenvalue weighted by molar-refractivity contribution is 6.15. The van der Waals surface area contributed by atoms with Crippen molar-refractivity contribution in [2.75, 3.05) is 39.5 Å². The number of furan rings is 1. The molecule has 184 valence electrons. The maximum Gasteiger partial charge on any atom is 0.232 e. The minimum absolute atomic E-state index is 0.167. The van der Waals surface area contributed by atoms with Gasteiger partial charge in [0.1, 0.15) is 22.8 Å². The number of Topliss-reactive ketones (excluding diaryl/α,β-unsaturated/α-hetero) is 1. The molecular weight excluding hydrogens is 446 g/mol. The summed E-state index contributed by atoms with van der Waals surface area (Å²) in [6.45, 7) is 7.93. The number of rotatable bonds is 3. The summed E-state index contributed by atoms with van der Waals surface area (Å²) in [5.41, 5.74) is 1.93. The molecule has 0 unspecified atom stereocenters. The number of carbonyl (C=O) groups excluding carboxylic acids is 1. The van der Waals surface area contributed by atoms with Gasteiger partial charge in [-0.2, -0.15) is 0 Å². The lowest BCUT2D eigenvalue weighted by Gasteiger charge is -2.30. The van der Waals surface area contributed by atoms with E-state index in [4.69, 9.17) is 18.6 Å². The van der Waals surface area contributed by atoms with Crippen molar-refractivity contribution in [2.24, 2.45) is 5.92 Å². The monoisotopic (exact) mass is 477 g/mol. The van der Waals surface area contributed by atoms with Crippen LogP contribution in [0.3, 0.4) is 0 Å². The second kappa shape index (κ2) is 10.6. The van der Waals surface area contributed by atoms with E-state index in [-0.39, 0.29) is 17.3 Å². The summed E-state index contributed by atoms with van der Waals surface area (Å²) in [5, 5.41) is 11.4. The van der Waals surface area contributed by atoms with Gasteiger partial charge in [0, 0.05) is 18.0 Å². The Morgan fingerprint density at radius 2 is 1.74 bits per heavy atom. The first kappa shape index (κ1) is 23.6. The molecule has 3 aliphatic rings. The van der Waals surface area contributed by atoms with Gasteiger partial charge in [0.25, 0.3) is 0 Å². The van der Waals surface area contributed by atoms with Gasteiger partial charge >= 0.3 is 0 Å². The molecule has 1 N–H and O–H groups in total. The van der Waals surface area contributed by atoms with Gasteiger partial charge in [-0.15, -0.1) is 0 Å². The van der Waals surface area contributed by atoms with E-state index in [0.717, 1.165) is 69.2 Å². The summed E-state index contributed by atoms with van der Waals surface area (Å²) in [5.74, 6) is 1.97. The number of hydrogen-bond acceptors (Lipinski definition) is 7. The number of likely N-dealkylation sites (tertiary alicyclic amines) is 1. The van der Waals surface area contributed by atoms with Gasteiger partial charge in [-0.3, -0.25) is 9.69 Å². The molecule has 0 amide bonds. The fourth-order valence-electron chi connectivity index (χ4n) is 4.54. The molecule has 2 saturated heterocycles. The fourth-order valence-corrected chi connectivity index (χ4v) is 4.54. The maximum atomic E-state index is 12.9. The van der Waals surface area contributed by atoms with Crippen molar-refractivity contribution in [3.8, 4) is 11.5 Å². The number of carbonyl (C=O) groups is 1. The second-order valence-corrected chi connectivity index (χ2v) is 9.25. The highest BCUT2D eigenvalue weighted by Crippen LogP contribution is 2.40. The van der Waals surface area contributed by atoms with Gasteiger partial charge in [0.15, 0.2) is 5.76 Å². The van der Waals surface area contributed by atoms with Crippen LogP contribution in [0.4, 0.5) is 0 Å². The molecule has 7 heteroatoms. The van der Waals surface area contributed by atoms with Crippen LogP contribution in [-0.4, -0.2) is 55.3 Å². The van der Waals surface area contributed by atoms with E-state index in [2.05, 4.69) is 11.8 Å². The molecular formula is C28H31NO6. The van der Waals surface area contributed by atoms with E-state index in [0.29, 0.717) is 29.2 Å². The number of hydrogen-bond donors (Lipinski definition) is 1. The Labute approximate surface area is 204 Å². The topological polar surface area (TPSA) is 81.4 Å². The third-order valence-electron chi connectivity index (χ3n) is 6.64. The first-order valence-corrected chi connectivity index (χ1v) is 12.2. The molecule has 3 aliphatic heterocycles. The SMILES string of the molecule is C1COCCO1.CC1CCN(Cc2c(O)ccc3c2OC(=Cc2cc4ccccc4o2)C3=O)CC1. The molecule has 0 radical (unpaired) electrons. The van der Waals surface area contributed by atoms with Gasteiger partial charge in [-0.25, -0.2) is 0 Å². The molecule has 0 saturated carbocycles. The number of ether oxygens (including phenoxy) is 3. The largest absolute Gasteiger partial charge is 0.507 e. The Kier molecular flexibility index (Phi) is 7.18. The van der Waals surface area contributed by atoms with Crippen LogP contribution in [0.25, 0.3) is 17.0 Å². The summed E-state index contributed by atoms with van der Waals surface area (Å²) >= 11 is 0. The number of allylic oxidation sites excluding steroid dienone is 1. The number of phenolic OH excluding ortho intramolecular Hbond substituents is 1. The molecule has 2 fully saturated rings. The number of fused-ring (bicyclic) bond motifs is 2. The van der Waals surface area contributed by atoms with Crippen molar-refractivity contribution < 1.29 is 28.5 Å². The van der Waals surface area contributed by atoms with Gasteiger partial charge in [-0.05, 0) is 56.1 Å². The molecule has 0 bridgehead atoms. The van der Waals surface area contributed by atoms with Crippen LogP contribution in [0.5, 0.6) is 11.5 Å². The average Bonchev–Trinajstić information content (AvgIpc) is 3.44. The lowest BCUT2D eigenvalue weighted by molar-refractivity contribution is -0.0334. The second-order valence-electron chi connectivity index (χ2n) is 9.25. The Bertz CT molecular complexity index is 1170. The van der Waals surface area contributed by atoms with Crippen LogP contribution in [-0.2, 0) is 16.0 Å². The predicted molar refractivity (Wildman–Crippen MR) is 133 cm³/mol. The highest BCUT2D eigenvalue weighted by Gasteiger charge is 2.32. The van der Waals surface area contributed by atoms with Crippen molar-refractivity contribution in [1.82, 2.24) is 4.90 Å². The van der Waals surface area contributed by atoms with Crippen molar-refractivity contribution in [1.29, 1.82) is 0 Å². The number of ketones is 1. The lowest BCUT2D eigenvalue weighted by atomic mass is 9.98. The smallest absolute Gasteiger partial charge is 0.232 e. The molecule has 0 aliphatic carbocycles. The van der Waals surface area contributed by atoms with Crippen LogP contribution < -0.4 is 4.74 Å². The maximum absolute atomic E-state index is 12.9. The molecule has 0 spiro atoms. The minimum Gasteiger partial charge on any atom is -0.507 e. The third kappa shape index (κ3) is 5.42. The van der Waals surface area contributed by atoms with Gasteiger partial charge in [-0.1, -0.05) is 25.1 Å².